The Morgan fingerprint density at radius 2 is 1.58 bits per heavy atom. The summed E-state index contributed by atoms with van der Waals surface area (Å²) >= 11 is 0. The third kappa shape index (κ3) is 7.88. The highest BCUT2D eigenvalue weighted by molar-refractivity contribution is 5.91. The molecular formula is C32H38N4O2. The number of nitrogens with one attached hydrogen (secondary N) is 3. The maximum absolute atomic E-state index is 13.7. The summed E-state index contributed by atoms with van der Waals surface area (Å²) < 4.78 is 0. The quantitative estimate of drug-likeness (QED) is 0.343. The van der Waals surface area contributed by atoms with E-state index in [2.05, 4.69) is 64.5 Å². The van der Waals surface area contributed by atoms with Crippen LogP contribution in [0.25, 0.3) is 6.08 Å². The average molecular weight is 511 g/mol. The molecule has 2 amide bonds. The first-order valence-electron chi connectivity index (χ1n) is 13.4. The van der Waals surface area contributed by atoms with E-state index in [0.717, 1.165) is 18.5 Å². The van der Waals surface area contributed by atoms with Crippen molar-refractivity contribution < 1.29 is 9.59 Å². The van der Waals surface area contributed by atoms with Gasteiger partial charge in [0, 0.05) is 37.7 Å². The molecule has 0 bridgehead atoms. The normalized spacial score (nSPS) is 18.1. The second-order valence-electron chi connectivity index (χ2n) is 9.74. The third-order valence-electron chi connectivity index (χ3n) is 7.03. The fourth-order valence-electron chi connectivity index (χ4n) is 4.93. The van der Waals surface area contributed by atoms with E-state index in [4.69, 9.17) is 0 Å². The van der Waals surface area contributed by atoms with E-state index in [9.17, 15) is 9.59 Å². The highest BCUT2D eigenvalue weighted by Gasteiger charge is 2.32. The molecule has 1 aliphatic rings. The molecule has 1 saturated heterocycles. The summed E-state index contributed by atoms with van der Waals surface area (Å²) in [4.78, 5) is 28.2. The minimum Gasteiger partial charge on any atom is -0.351 e. The Bertz CT molecular complexity index is 1130. The van der Waals surface area contributed by atoms with Crippen molar-refractivity contribution in [1.29, 1.82) is 0 Å². The summed E-state index contributed by atoms with van der Waals surface area (Å²) in [5.41, 5.74) is 3.38. The topological polar surface area (TPSA) is 73.5 Å². The Morgan fingerprint density at radius 3 is 2.18 bits per heavy atom. The lowest BCUT2D eigenvalue weighted by atomic mass is 9.90. The van der Waals surface area contributed by atoms with Crippen molar-refractivity contribution in [3.63, 3.8) is 0 Å². The Balaban J connectivity index is 1.45. The lowest BCUT2D eigenvalue weighted by Crippen LogP contribution is -2.50. The molecule has 2 atom stereocenters. The number of carbonyl (C=O) groups excluding carboxylic acids is 2. The molecule has 0 saturated carbocycles. The summed E-state index contributed by atoms with van der Waals surface area (Å²) in [6.45, 7) is 2.45. The van der Waals surface area contributed by atoms with Crippen molar-refractivity contribution in [2.45, 2.75) is 30.8 Å². The van der Waals surface area contributed by atoms with E-state index in [-0.39, 0.29) is 29.8 Å². The Hall–Kier alpha value is -3.74. The van der Waals surface area contributed by atoms with Gasteiger partial charge < -0.3 is 20.9 Å². The first kappa shape index (κ1) is 27.3. The molecule has 38 heavy (non-hydrogen) atoms. The first-order chi connectivity index (χ1) is 18.6. The smallest absolute Gasteiger partial charge is 0.244 e. The molecule has 198 valence electrons. The van der Waals surface area contributed by atoms with Crippen LogP contribution in [-0.4, -0.2) is 62.0 Å². The standard InChI is InChI=1S/C32H38N4O2/c1-33-21-19-30-32(38)36(24-29(26-13-7-3-8-14-26)27-15-9-4-10-16-27)22-20-28(35-30)23-34-31(37)18-17-25-11-5-2-6-12-25/h2-18,28-30,33,35H,19-24H2,1H3,(H,34,37)/b18-17+. The lowest BCUT2D eigenvalue weighted by molar-refractivity contribution is -0.133. The molecular weight excluding hydrogens is 472 g/mol. The van der Waals surface area contributed by atoms with E-state index < -0.39 is 0 Å². The van der Waals surface area contributed by atoms with Crippen LogP contribution in [0.3, 0.4) is 0 Å². The molecule has 3 N–H and O–H groups in total. The fraction of sp³-hybridized carbons (Fsp3) is 0.312. The molecule has 2 unspecified atom stereocenters. The highest BCUT2D eigenvalue weighted by Crippen LogP contribution is 2.27. The summed E-state index contributed by atoms with van der Waals surface area (Å²) in [7, 11) is 1.90. The lowest BCUT2D eigenvalue weighted by Gasteiger charge is -2.29. The van der Waals surface area contributed by atoms with Crippen molar-refractivity contribution in [3.05, 3.63) is 114 Å². The minimum atomic E-state index is -0.307. The number of carbonyl (C=O) groups is 2. The van der Waals surface area contributed by atoms with E-state index in [1.54, 1.807) is 6.08 Å². The van der Waals surface area contributed by atoms with Gasteiger partial charge in [0.2, 0.25) is 11.8 Å². The van der Waals surface area contributed by atoms with Gasteiger partial charge in [-0.25, -0.2) is 0 Å². The van der Waals surface area contributed by atoms with E-state index in [0.29, 0.717) is 26.1 Å². The number of nitrogens with zero attached hydrogens (tertiary/aromatic N) is 1. The van der Waals surface area contributed by atoms with Crippen molar-refractivity contribution in [3.8, 4) is 0 Å². The third-order valence-corrected chi connectivity index (χ3v) is 7.03. The SMILES string of the molecule is CNCCC1NC(CNC(=O)/C=C/c2ccccc2)CCN(CC(c2ccccc2)c2ccccc2)C1=O. The van der Waals surface area contributed by atoms with Gasteiger partial charge in [0.05, 0.1) is 6.04 Å². The van der Waals surface area contributed by atoms with Crippen molar-refractivity contribution >= 4 is 17.9 Å². The zero-order valence-corrected chi connectivity index (χ0v) is 22.1. The molecule has 3 aromatic carbocycles. The van der Waals surface area contributed by atoms with Crippen LogP contribution in [0.15, 0.2) is 97.1 Å². The number of rotatable bonds is 11. The van der Waals surface area contributed by atoms with Gasteiger partial charge in [0.1, 0.15) is 0 Å². The summed E-state index contributed by atoms with van der Waals surface area (Å²) in [5, 5.41) is 9.73. The van der Waals surface area contributed by atoms with Crippen molar-refractivity contribution in [1.82, 2.24) is 20.9 Å². The molecule has 1 heterocycles. The van der Waals surface area contributed by atoms with Gasteiger partial charge in [-0.2, -0.15) is 0 Å². The second kappa shape index (κ2) is 14.3. The maximum Gasteiger partial charge on any atom is 0.244 e. The molecule has 6 heteroatoms. The van der Waals surface area contributed by atoms with Crippen LogP contribution in [0.5, 0.6) is 0 Å². The van der Waals surface area contributed by atoms with E-state index in [1.807, 2.05) is 60.5 Å². The van der Waals surface area contributed by atoms with Gasteiger partial charge >= 0.3 is 0 Å². The van der Waals surface area contributed by atoms with Crippen molar-refractivity contribution in [2.75, 3.05) is 33.2 Å². The van der Waals surface area contributed by atoms with Gasteiger partial charge in [-0.3, -0.25) is 9.59 Å². The van der Waals surface area contributed by atoms with Gasteiger partial charge in [-0.1, -0.05) is 91.0 Å². The second-order valence-corrected chi connectivity index (χ2v) is 9.74. The van der Waals surface area contributed by atoms with Crippen LogP contribution in [-0.2, 0) is 9.59 Å². The maximum atomic E-state index is 13.7. The highest BCUT2D eigenvalue weighted by atomic mass is 16.2. The van der Waals surface area contributed by atoms with Crippen LogP contribution >= 0.6 is 0 Å². The summed E-state index contributed by atoms with van der Waals surface area (Å²) in [6, 6.07) is 30.3. The Labute approximate surface area is 226 Å². The summed E-state index contributed by atoms with van der Waals surface area (Å²) in [6.07, 6.45) is 4.82. The molecule has 6 nitrogen and oxygen atoms in total. The Morgan fingerprint density at radius 1 is 0.974 bits per heavy atom. The molecule has 3 aromatic rings. The van der Waals surface area contributed by atoms with E-state index >= 15 is 0 Å². The van der Waals surface area contributed by atoms with Gasteiger partial charge in [0.25, 0.3) is 0 Å². The van der Waals surface area contributed by atoms with Crippen LogP contribution in [0.1, 0.15) is 35.4 Å². The molecule has 1 fully saturated rings. The molecule has 0 spiro atoms. The predicted molar refractivity (Wildman–Crippen MR) is 154 cm³/mol. The monoisotopic (exact) mass is 510 g/mol. The average Bonchev–Trinajstić information content (AvgIpc) is 3.12. The first-order valence-corrected chi connectivity index (χ1v) is 13.4. The molecule has 0 aromatic heterocycles. The fourth-order valence-corrected chi connectivity index (χ4v) is 4.93. The number of hydrogen-bond acceptors (Lipinski definition) is 4. The molecule has 4 rings (SSSR count). The van der Waals surface area contributed by atoms with Gasteiger partial charge in [-0.15, -0.1) is 0 Å². The van der Waals surface area contributed by atoms with Crippen LogP contribution in [0.4, 0.5) is 0 Å². The zero-order valence-electron chi connectivity index (χ0n) is 22.1. The van der Waals surface area contributed by atoms with Crippen LogP contribution in [0, 0.1) is 0 Å². The van der Waals surface area contributed by atoms with Crippen LogP contribution < -0.4 is 16.0 Å². The number of hydrogen-bond donors (Lipinski definition) is 3. The van der Waals surface area contributed by atoms with Gasteiger partial charge in [-0.05, 0) is 49.2 Å². The predicted octanol–water partition coefficient (Wildman–Crippen LogP) is 3.82. The molecule has 0 aliphatic carbocycles. The molecule has 0 radical (unpaired) electrons. The van der Waals surface area contributed by atoms with Crippen LogP contribution in [0.2, 0.25) is 0 Å². The number of amides is 2. The number of benzene rings is 3. The van der Waals surface area contributed by atoms with Crippen molar-refractivity contribution in [2.24, 2.45) is 0 Å². The summed E-state index contributed by atoms with van der Waals surface area (Å²) in [5.74, 6) is 0.0728. The Kier molecular flexibility index (Phi) is 10.2. The molecule has 1 aliphatic heterocycles. The van der Waals surface area contributed by atoms with Gasteiger partial charge in [0.15, 0.2) is 0 Å². The zero-order chi connectivity index (χ0) is 26.6. The van der Waals surface area contributed by atoms with E-state index in [1.165, 1.54) is 11.1 Å². The minimum absolute atomic E-state index is 0.00628. The largest absolute Gasteiger partial charge is 0.351 e.